The van der Waals surface area contributed by atoms with Gasteiger partial charge in [0.1, 0.15) is 18.2 Å². The summed E-state index contributed by atoms with van der Waals surface area (Å²) in [5.41, 5.74) is 2.00. The van der Waals surface area contributed by atoms with Crippen LogP contribution in [0.1, 0.15) is 19.5 Å². The Hall–Kier alpha value is -1.30. The lowest BCUT2D eigenvalue weighted by Crippen LogP contribution is -2.21. The fourth-order valence-electron chi connectivity index (χ4n) is 2.06. The number of fused-ring (bicyclic) bond motifs is 1. The van der Waals surface area contributed by atoms with Gasteiger partial charge in [0.15, 0.2) is 11.5 Å². The average Bonchev–Trinajstić information content (AvgIpc) is 2.94. The predicted molar refractivity (Wildman–Crippen MR) is 85.5 cm³/mol. The number of rotatable bonds is 4. The topological polar surface area (TPSA) is 43.4 Å². The molecule has 0 atom stereocenters. The van der Waals surface area contributed by atoms with E-state index >= 15 is 0 Å². The van der Waals surface area contributed by atoms with Crippen LogP contribution < -0.4 is 14.8 Å². The van der Waals surface area contributed by atoms with Crippen LogP contribution in [0.3, 0.4) is 0 Å². The van der Waals surface area contributed by atoms with Crippen molar-refractivity contribution in [3.05, 3.63) is 28.2 Å². The smallest absolute Gasteiger partial charge is 0.179 e. The fourth-order valence-corrected chi connectivity index (χ4v) is 3.14. The van der Waals surface area contributed by atoms with E-state index in [2.05, 4.69) is 29.5 Å². The number of nitrogens with one attached hydrogen (secondary N) is 1. The first-order valence-electron chi connectivity index (χ1n) is 6.91. The molecule has 112 valence electrons. The Labute approximate surface area is 133 Å². The lowest BCUT2D eigenvalue weighted by molar-refractivity contribution is 0.172. The molecule has 0 amide bonds. The van der Waals surface area contributed by atoms with Gasteiger partial charge in [0, 0.05) is 23.5 Å². The van der Waals surface area contributed by atoms with Gasteiger partial charge < -0.3 is 14.8 Å². The summed E-state index contributed by atoms with van der Waals surface area (Å²) in [4.78, 5) is 4.64. The van der Waals surface area contributed by atoms with Crippen molar-refractivity contribution in [2.75, 3.05) is 13.2 Å². The summed E-state index contributed by atoms with van der Waals surface area (Å²) in [6.07, 6.45) is 0. The van der Waals surface area contributed by atoms with Crippen LogP contribution >= 0.6 is 22.9 Å². The molecule has 0 radical (unpaired) electrons. The maximum atomic E-state index is 6.27. The van der Waals surface area contributed by atoms with Gasteiger partial charge in [-0.25, -0.2) is 4.98 Å². The van der Waals surface area contributed by atoms with Gasteiger partial charge in [-0.05, 0) is 12.1 Å². The molecule has 4 nitrogen and oxygen atoms in total. The van der Waals surface area contributed by atoms with E-state index in [1.54, 1.807) is 11.3 Å². The van der Waals surface area contributed by atoms with E-state index in [0.29, 0.717) is 35.8 Å². The van der Waals surface area contributed by atoms with Crippen molar-refractivity contribution in [2.24, 2.45) is 0 Å². The minimum atomic E-state index is 0.443. The second-order valence-electron chi connectivity index (χ2n) is 5.16. The number of hydrogen-bond acceptors (Lipinski definition) is 5. The summed E-state index contributed by atoms with van der Waals surface area (Å²) in [5.74, 6) is 1.32. The lowest BCUT2D eigenvalue weighted by Gasteiger charge is -2.19. The molecular weight excluding hydrogens is 308 g/mol. The zero-order chi connectivity index (χ0) is 14.8. The molecule has 0 bridgehead atoms. The molecule has 21 heavy (non-hydrogen) atoms. The van der Waals surface area contributed by atoms with E-state index in [1.165, 1.54) is 0 Å². The maximum absolute atomic E-state index is 6.27. The van der Waals surface area contributed by atoms with Gasteiger partial charge in [0.2, 0.25) is 0 Å². The number of nitrogens with zero attached hydrogens (tertiary/aromatic N) is 1. The predicted octanol–water partition coefficient (Wildman–Crippen LogP) is 3.73. The molecule has 2 heterocycles. The molecule has 0 saturated heterocycles. The standard InChI is InChI=1S/C15H17ClN2O2S/c1-9(2)17-7-11-8-21-15(18-11)10-5-12(16)14-13(6-10)19-3-4-20-14/h5-6,8-9,17H,3-4,7H2,1-2H3. The van der Waals surface area contributed by atoms with Crippen LogP contribution in [0, 0.1) is 0 Å². The van der Waals surface area contributed by atoms with Crippen molar-refractivity contribution in [3.8, 4) is 22.1 Å². The van der Waals surface area contributed by atoms with Crippen LogP contribution in [0.4, 0.5) is 0 Å². The average molecular weight is 325 g/mol. The summed E-state index contributed by atoms with van der Waals surface area (Å²) in [6, 6.07) is 4.27. The molecule has 1 N–H and O–H groups in total. The number of aromatic nitrogens is 1. The van der Waals surface area contributed by atoms with Crippen LogP contribution in [-0.2, 0) is 6.54 Å². The third kappa shape index (κ3) is 3.31. The molecule has 0 fully saturated rings. The highest BCUT2D eigenvalue weighted by Crippen LogP contribution is 2.41. The Morgan fingerprint density at radius 3 is 2.95 bits per heavy atom. The third-order valence-corrected chi connectivity index (χ3v) is 4.31. The Kier molecular flexibility index (Phi) is 4.33. The minimum absolute atomic E-state index is 0.443. The number of thiazole rings is 1. The largest absolute Gasteiger partial charge is 0.486 e. The first kappa shape index (κ1) is 14.6. The van der Waals surface area contributed by atoms with Crippen LogP contribution in [0.2, 0.25) is 5.02 Å². The summed E-state index contributed by atoms with van der Waals surface area (Å²) in [7, 11) is 0. The number of halogens is 1. The molecule has 1 aromatic carbocycles. The highest BCUT2D eigenvalue weighted by Gasteiger charge is 2.18. The highest BCUT2D eigenvalue weighted by molar-refractivity contribution is 7.13. The van der Waals surface area contributed by atoms with Crippen molar-refractivity contribution < 1.29 is 9.47 Å². The monoisotopic (exact) mass is 324 g/mol. The van der Waals surface area contributed by atoms with Crippen molar-refractivity contribution in [3.63, 3.8) is 0 Å². The lowest BCUT2D eigenvalue weighted by atomic mass is 10.2. The van der Waals surface area contributed by atoms with Gasteiger partial charge >= 0.3 is 0 Å². The van der Waals surface area contributed by atoms with Crippen LogP contribution in [0.25, 0.3) is 10.6 Å². The Morgan fingerprint density at radius 1 is 1.33 bits per heavy atom. The molecule has 2 aromatic rings. The minimum Gasteiger partial charge on any atom is -0.486 e. The van der Waals surface area contributed by atoms with Crippen LogP contribution in [0.15, 0.2) is 17.5 Å². The van der Waals surface area contributed by atoms with Gasteiger partial charge in [0.05, 0.1) is 10.7 Å². The van der Waals surface area contributed by atoms with E-state index in [1.807, 2.05) is 12.1 Å². The summed E-state index contributed by atoms with van der Waals surface area (Å²) >= 11 is 7.87. The summed E-state index contributed by atoms with van der Waals surface area (Å²) < 4.78 is 11.1. The first-order valence-corrected chi connectivity index (χ1v) is 8.16. The second kappa shape index (κ2) is 6.22. The quantitative estimate of drug-likeness (QED) is 0.930. The maximum Gasteiger partial charge on any atom is 0.179 e. The Bertz CT molecular complexity index is 643. The molecule has 1 aliphatic rings. The van der Waals surface area contributed by atoms with E-state index in [-0.39, 0.29) is 0 Å². The van der Waals surface area contributed by atoms with E-state index < -0.39 is 0 Å². The van der Waals surface area contributed by atoms with Crippen molar-refractivity contribution >= 4 is 22.9 Å². The SMILES string of the molecule is CC(C)NCc1csc(-c2cc(Cl)c3c(c2)OCCO3)n1. The summed E-state index contributed by atoms with van der Waals surface area (Å²) in [5, 5.41) is 6.93. The van der Waals surface area contributed by atoms with Gasteiger partial charge in [-0.15, -0.1) is 11.3 Å². The molecule has 0 unspecified atom stereocenters. The van der Waals surface area contributed by atoms with Crippen LogP contribution in [-0.4, -0.2) is 24.2 Å². The zero-order valence-electron chi connectivity index (χ0n) is 12.0. The number of ether oxygens (including phenoxy) is 2. The molecule has 0 spiro atoms. The van der Waals surface area contributed by atoms with E-state index in [4.69, 9.17) is 21.1 Å². The molecule has 3 rings (SSSR count). The second-order valence-corrected chi connectivity index (χ2v) is 6.43. The van der Waals surface area contributed by atoms with Gasteiger partial charge in [-0.2, -0.15) is 0 Å². The van der Waals surface area contributed by atoms with Crippen molar-refractivity contribution in [2.45, 2.75) is 26.4 Å². The fraction of sp³-hybridized carbons (Fsp3) is 0.400. The highest BCUT2D eigenvalue weighted by atomic mass is 35.5. The van der Waals surface area contributed by atoms with Crippen molar-refractivity contribution in [1.82, 2.24) is 10.3 Å². The Morgan fingerprint density at radius 2 is 2.14 bits per heavy atom. The summed E-state index contributed by atoms with van der Waals surface area (Å²) in [6.45, 7) is 6.09. The molecular formula is C15H17ClN2O2S. The molecule has 0 aliphatic carbocycles. The van der Waals surface area contributed by atoms with E-state index in [0.717, 1.165) is 22.8 Å². The van der Waals surface area contributed by atoms with Gasteiger partial charge in [0.25, 0.3) is 0 Å². The van der Waals surface area contributed by atoms with Crippen LogP contribution in [0.5, 0.6) is 11.5 Å². The van der Waals surface area contributed by atoms with Gasteiger partial charge in [-0.1, -0.05) is 25.4 Å². The molecule has 1 aromatic heterocycles. The van der Waals surface area contributed by atoms with Crippen molar-refractivity contribution in [1.29, 1.82) is 0 Å². The normalized spacial score (nSPS) is 13.7. The van der Waals surface area contributed by atoms with Gasteiger partial charge in [-0.3, -0.25) is 0 Å². The molecule has 1 aliphatic heterocycles. The molecule has 0 saturated carbocycles. The first-order chi connectivity index (χ1) is 10.1. The number of hydrogen-bond donors (Lipinski definition) is 1. The Balaban J connectivity index is 1.85. The number of benzene rings is 1. The third-order valence-electron chi connectivity index (χ3n) is 3.09. The molecule has 6 heteroatoms. The van der Waals surface area contributed by atoms with E-state index in [9.17, 15) is 0 Å². The zero-order valence-corrected chi connectivity index (χ0v) is 13.6.